The summed E-state index contributed by atoms with van der Waals surface area (Å²) >= 11 is 0. The fourth-order valence-electron chi connectivity index (χ4n) is 4.77. The van der Waals surface area contributed by atoms with Crippen molar-refractivity contribution in [2.75, 3.05) is 6.61 Å². The summed E-state index contributed by atoms with van der Waals surface area (Å²) in [5.74, 6) is 0. The molecule has 0 saturated carbocycles. The van der Waals surface area contributed by atoms with Crippen molar-refractivity contribution in [3.63, 3.8) is 0 Å². The molecule has 4 rings (SSSR count). The van der Waals surface area contributed by atoms with Crippen molar-refractivity contribution in [3.05, 3.63) is 120 Å². The minimum atomic E-state index is -0.684. The Bertz CT molecular complexity index is 918. The second-order valence-corrected chi connectivity index (χ2v) is 8.62. The third-order valence-corrected chi connectivity index (χ3v) is 6.38. The van der Waals surface area contributed by atoms with Gasteiger partial charge in [0.1, 0.15) is 11.9 Å². The van der Waals surface area contributed by atoms with E-state index in [-0.39, 0.29) is 12.2 Å². The monoisotopic (exact) mass is 440 g/mol. The highest BCUT2D eigenvalue weighted by molar-refractivity contribution is 5.49. The summed E-state index contributed by atoms with van der Waals surface area (Å²) in [7, 11) is 0. The lowest BCUT2D eigenvalue weighted by atomic mass is 9.80. The first kappa shape index (κ1) is 23.2. The van der Waals surface area contributed by atoms with Gasteiger partial charge in [-0.05, 0) is 47.9 Å². The van der Waals surface area contributed by atoms with Crippen LogP contribution in [0, 0.1) is 0 Å². The Morgan fingerprint density at radius 1 is 0.848 bits per heavy atom. The molecule has 0 N–H and O–H groups in total. The van der Waals surface area contributed by atoms with Crippen molar-refractivity contribution in [2.24, 2.45) is 0 Å². The van der Waals surface area contributed by atoms with Crippen molar-refractivity contribution in [1.82, 2.24) is 0 Å². The Hall–Kier alpha value is -3.01. The zero-order chi connectivity index (χ0) is 22.9. The van der Waals surface area contributed by atoms with E-state index in [1.54, 1.807) is 0 Å². The highest BCUT2D eigenvalue weighted by Gasteiger charge is 2.37. The van der Waals surface area contributed by atoms with E-state index in [9.17, 15) is 4.79 Å². The van der Waals surface area contributed by atoms with Crippen LogP contribution in [0.25, 0.3) is 0 Å². The van der Waals surface area contributed by atoms with Gasteiger partial charge in [0.05, 0.1) is 12.2 Å². The van der Waals surface area contributed by atoms with Gasteiger partial charge in [0, 0.05) is 13.0 Å². The lowest BCUT2D eigenvalue weighted by Gasteiger charge is -2.36. The molecule has 3 heteroatoms. The van der Waals surface area contributed by atoms with Gasteiger partial charge in [0.25, 0.3) is 0 Å². The van der Waals surface area contributed by atoms with Gasteiger partial charge < -0.3 is 14.3 Å². The minimum absolute atomic E-state index is 0.0122. The first-order valence-corrected chi connectivity index (χ1v) is 11.8. The largest absolute Gasteiger partial charge is 0.370 e. The molecule has 33 heavy (non-hydrogen) atoms. The molecule has 3 nitrogen and oxygen atoms in total. The lowest BCUT2D eigenvalue weighted by Crippen LogP contribution is -2.33. The number of ether oxygens (including phenoxy) is 2. The van der Waals surface area contributed by atoms with Crippen LogP contribution in [-0.2, 0) is 19.9 Å². The Labute approximate surface area is 197 Å². The van der Waals surface area contributed by atoms with Crippen LogP contribution in [0.4, 0.5) is 0 Å². The Kier molecular flexibility index (Phi) is 7.87. The average Bonchev–Trinajstić information content (AvgIpc) is 3.23. The Morgan fingerprint density at radius 2 is 1.36 bits per heavy atom. The van der Waals surface area contributed by atoms with Gasteiger partial charge in [-0.2, -0.15) is 0 Å². The van der Waals surface area contributed by atoms with Crippen molar-refractivity contribution >= 4 is 6.29 Å². The van der Waals surface area contributed by atoms with Gasteiger partial charge in [0.15, 0.2) is 0 Å². The molecular formula is C30H32O3. The van der Waals surface area contributed by atoms with E-state index in [4.69, 9.17) is 9.47 Å². The third-order valence-electron chi connectivity index (χ3n) is 6.38. The molecule has 3 aromatic rings. The molecule has 2 atom stereocenters. The zero-order valence-electron chi connectivity index (χ0n) is 19.1. The van der Waals surface area contributed by atoms with Crippen LogP contribution in [-0.4, -0.2) is 25.1 Å². The number of hydrogen-bond donors (Lipinski definition) is 0. The van der Waals surface area contributed by atoms with E-state index in [2.05, 4.69) is 79.4 Å². The molecule has 1 aliphatic rings. The van der Waals surface area contributed by atoms with Gasteiger partial charge in [-0.15, -0.1) is 0 Å². The van der Waals surface area contributed by atoms with Crippen molar-refractivity contribution in [1.29, 1.82) is 0 Å². The second-order valence-electron chi connectivity index (χ2n) is 8.62. The number of aldehydes is 1. The lowest BCUT2D eigenvalue weighted by molar-refractivity contribution is -0.108. The minimum Gasteiger partial charge on any atom is -0.370 e. The molecule has 0 spiro atoms. The predicted octanol–water partition coefficient (Wildman–Crippen LogP) is 6.47. The molecule has 1 saturated heterocycles. The summed E-state index contributed by atoms with van der Waals surface area (Å²) in [6, 6.07) is 31.4. The van der Waals surface area contributed by atoms with E-state index >= 15 is 0 Å². The van der Waals surface area contributed by atoms with Gasteiger partial charge >= 0.3 is 0 Å². The van der Waals surface area contributed by atoms with E-state index in [0.29, 0.717) is 13.0 Å². The number of carbonyl (C=O) groups is 1. The summed E-state index contributed by atoms with van der Waals surface area (Å²) in [4.78, 5) is 10.7. The Morgan fingerprint density at radius 3 is 1.85 bits per heavy atom. The summed E-state index contributed by atoms with van der Waals surface area (Å²) in [5, 5.41) is 0. The molecule has 170 valence electrons. The quantitative estimate of drug-likeness (QED) is 0.148. The van der Waals surface area contributed by atoms with Crippen LogP contribution in [0.5, 0.6) is 0 Å². The first-order chi connectivity index (χ1) is 16.2. The molecule has 1 aliphatic heterocycles. The van der Waals surface area contributed by atoms with Crippen molar-refractivity contribution in [2.45, 2.75) is 49.9 Å². The summed E-state index contributed by atoms with van der Waals surface area (Å²) < 4.78 is 13.0. The molecule has 0 radical (unpaired) electrons. The van der Waals surface area contributed by atoms with E-state index in [1.807, 2.05) is 18.2 Å². The van der Waals surface area contributed by atoms with Crippen LogP contribution in [0.15, 0.2) is 103 Å². The summed E-state index contributed by atoms with van der Waals surface area (Å²) in [5.41, 5.74) is 3.76. The highest BCUT2D eigenvalue weighted by atomic mass is 16.5. The fraction of sp³-hybridized carbons (Fsp3) is 0.300. The normalized spacial score (nSPS) is 18.4. The van der Waals surface area contributed by atoms with E-state index < -0.39 is 5.60 Å². The number of rotatable bonds is 11. The van der Waals surface area contributed by atoms with Crippen LogP contribution in [0.3, 0.4) is 0 Å². The molecule has 0 aromatic heterocycles. The standard InChI is InChI=1S/C30H32O3/c1-24-23-28(33-29(24)20-11-21-31)19-12-22-32-30(25-13-5-2-6-14-25,26-15-7-3-8-16-26)27-17-9-4-10-18-27/h2-10,13-18,21,28-29H,1,11-12,19-20,22-23H2/t28-,29-/m0/s1. The molecule has 1 fully saturated rings. The van der Waals surface area contributed by atoms with E-state index in [0.717, 1.165) is 54.2 Å². The first-order valence-electron chi connectivity index (χ1n) is 11.8. The molecule has 0 aliphatic carbocycles. The molecule has 0 amide bonds. The molecule has 1 heterocycles. The van der Waals surface area contributed by atoms with Crippen LogP contribution >= 0.6 is 0 Å². The maximum atomic E-state index is 10.7. The van der Waals surface area contributed by atoms with Gasteiger partial charge in [0.2, 0.25) is 0 Å². The van der Waals surface area contributed by atoms with Crippen molar-refractivity contribution in [3.8, 4) is 0 Å². The number of benzene rings is 3. The van der Waals surface area contributed by atoms with Crippen molar-refractivity contribution < 1.29 is 14.3 Å². The Balaban J connectivity index is 1.53. The summed E-state index contributed by atoms with van der Waals surface area (Å²) in [6.45, 7) is 4.75. The SMILES string of the molecule is C=C1C[C@H](CCCOC(c2ccccc2)(c2ccccc2)c2ccccc2)O[C@H]1CCC=O. The predicted molar refractivity (Wildman–Crippen MR) is 132 cm³/mol. The molecule has 3 aromatic carbocycles. The second kappa shape index (κ2) is 11.2. The highest BCUT2D eigenvalue weighted by Crippen LogP contribution is 2.40. The maximum Gasteiger partial charge on any atom is 0.143 e. The van der Waals surface area contributed by atoms with Crippen LogP contribution in [0.1, 0.15) is 48.8 Å². The van der Waals surface area contributed by atoms with Gasteiger partial charge in [-0.3, -0.25) is 0 Å². The van der Waals surface area contributed by atoms with Crippen LogP contribution < -0.4 is 0 Å². The molecule has 0 unspecified atom stereocenters. The number of carbonyl (C=O) groups excluding carboxylic acids is 1. The molecule has 0 bridgehead atoms. The third kappa shape index (κ3) is 5.32. The average molecular weight is 441 g/mol. The van der Waals surface area contributed by atoms with Gasteiger partial charge in [-0.25, -0.2) is 0 Å². The van der Waals surface area contributed by atoms with Crippen LogP contribution in [0.2, 0.25) is 0 Å². The zero-order valence-corrected chi connectivity index (χ0v) is 19.1. The maximum absolute atomic E-state index is 10.7. The van der Waals surface area contributed by atoms with E-state index in [1.165, 1.54) is 0 Å². The fourth-order valence-corrected chi connectivity index (χ4v) is 4.77. The topological polar surface area (TPSA) is 35.5 Å². The smallest absolute Gasteiger partial charge is 0.143 e. The number of hydrogen-bond acceptors (Lipinski definition) is 3. The molecular weight excluding hydrogens is 408 g/mol. The van der Waals surface area contributed by atoms with Gasteiger partial charge in [-0.1, -0.05) is 97.6 Å². The summed E-state index contributed by atoms with van der Waals surface area (Å²) in [6.07, 6.45) is 5.02.